The lowest BCUT2D eigenvalue weighted by molar-refractivity contribution is 0.0846. The summed E-state index contributed by atoms with van der Waals surface area (Å²) in [6.07, 6.45) is 0. The van der Waals surface area contributed by atoms with Gasteiger partial charge in [-0.15, -0.1) is 0 Å². The molecule has 2 amide bonds. The normalized spacial score (nSPS) is 10.8. The first-order valence-corrected chi connectivity index (χ1v) is 11.2. The van der Waals surface area contributed by atoms with E-state index >= 15 is 0 Å². The minimum absolute atomic E-state index is 0.00557. The van der Waals surface area contributed by atoms with Gasteiger partial charge in [0.2, 0.25) is 0 Å². The highest BCUT2D eigenvalue weighted by atomic mass is 32.2. The highest BCUT2D eigenvalue weighted by molar-refractivity contribution is 7.92. The topological polar surface area (TPSA) is 123 Å². The number of sulfonamides is 1. The van der Waals surface area contributed by atoms with Crippen LogP contribution in [0.25, 0.3) is 0 Å². The smallest absolute Gasteiger partial charge is 0.269 e. The maximum absolute atomic E-state index is 12.5. The number of hydrogen-bond donors (Lipinski definition) is 3. The largest absolute Gasteiger partial charge is 0.493 e. The van der Waals surface area contributed by atoms with Crippen LogP contribution in [0.2, 0.25) is 0 Å². The number of carbonyl (C=O) groups is 2. The Morgan fingerprint density at radius 1 is 0.727 bits per heavy atom. The molecular weight excluding hydrogens is 446 g/mol. The van der Waals surface area contributed by atoms with Gasteiger partial charge in [-0.25, -0.2) is 8.42 Å². The van der Waals surface area contributed by atoms with Crippen molar-refractivity contribution in [2.75, 3.05) is 18.9 Å². The molecule has 0 atom stereocenters. The molecule has 0 aliphatic heterocycles. The molecule has 9 nitrogen and oxygen atoms in total. The number of hydrogen-bond acceptors (Lipinski definition) is 6. The minimum atomic E-state index is -3.82. The fourth-order valence-corrected chi connectivity index (χ4v) is 3.92. The van der Waals surface area contributed by atoms with E-state index < -0.39 is 21.8 Å². The highest BCUT2D eigenvalue weighted by Gasteiger charge is 2.16. The summed E-state index contributed by atoms with van der Waals surface area (Å²) in [6, 6.07) is 16.8. The fourth-order valence-electron chi connectivity index (χ4n) is 2.86. The van der Waals surface area contributed by atoms with E-state index in [1.807, 2.05) is 6.92 Å². The Balaban J connectivity index is 1.63. The molecule has 3 aromatic carbocycles. The lowest BCUT2D eigenvalue weighted by Gasteiger charge is -2.11. The zero-order chi connectivity index (χ0) is 24.0. The first-order valence-electron chi connectivity index (χ1n) is 9.76. The van der Waals surface area contributed by atoms with E-state index in [-0.39, 0.29) is 16.0 Å². The summed E-state index contributed by atoms with van der Waals surface area (Å²) >= 11 is 0. The van der Waals surface area contributed by atoms with Gasteiger partial charge in [0.25, 0.3) is 21.8 Å². The molecule has 10 heteroatoms. The van der Waals surface area contributed by atoms with Crippen LogP contribution in [0.3, 0.4) is 0 Å². The second-order valence-electron chi connectivity index (χ2n) is 6.97. The van der Waals surface area contributed by atoms with Gasteiger partial charge in [0.05, 0.1) is 19.1 Å². The summed E-state index contributed by atoms with van der Waals surface area (Å²) < 4.78 is 37.9. The van der Waals surface area contributed by atoms with Gasteiger partial charge in [-0.3, -0.25) is 25.2 Å². The molecule has 3 N–H and O–H groups in total. The standard InChI is InChI=1S/C23H23N3O6S/c1-15-4-9-18(10-5-15)26-33(29,30)19-11-6-16(7-12-19)22(27)24-25-23(28)17-8-13-20(31-2)21(14-17)32-3/h4-14,26H,1-3H3,(H,24,27)(H,25,28). The second-order valence-corrected chi connectivity index (χ2v) is 8.66. The van der Waals surface area contributed by atoms with Gasteiger partial charge in [-0.2, -0.15) is 0 Å². The first-order chi connectivity index (χ1) is 15.7. The van der Waals surface area contributed by atoms with E-state index in [1.54, 1.807) is 30.3 Å². The highest BCUT2D eigenvalue weighted by Crippen LogP contribution is 2.27. The summed E-state index contributed by atoms with van der Waals surface area (Å²) in [7, 11) is -0.891. The second kappa shape index (κ2) is 10.0. The third kappa shape index (κ3) is 5.80. The summed E-state index contributed by atoms with van der Waals surface area (Å²) in [5, 5.41) is 0. The predicted molar refractivity (Wildman–Crippen MR) is 123 cm³/mol. The lowest BCUT2D eigenvalue weighted by atomic mass is 10.2. The van der Waals surface area contributed by atoms with E-state index in [2.05, 4.69) is 15.6 Å². The molecule has 0 aliphatic carbocycles. The van der Waals surface area contributed by atoms with E-state index in [0.717, 1.165) is 5.56 Å². The van der Waals surface area contributed by atoms with Crippen molar-refractivity contribution in [3.8, 4) is 11.5 Å². The molecule has 0 saturated heterocycles. The Morgan fingerprint density at radius 3 is 1.85 bits per heavy atom. The molecule has 0 aromatic heterocycles. The van der Waals surface area contributed by atoms with E-state index in [4.69, 9.17) is 9.47 Å². The van der Waals surface area contributed by atoms with Crippen molar-refractivity contribution in [2.24, 2.45) is 0 Å². The Kier molecular flexibility index (Phi) is 7.19. The van der Waals surface area contributed by atoms with Crippen LogP contribution in [0.5, 0.6) is 11.5 Å². The van der Waals surface area contributed by atoms with Gasteiger partial charge >= 0.3 is 0 Å². The van der Waals surface area contributed by atoms with Crippen LogP contribution in [0.1, 0.15) is 26.3 Å². The van der Waals surface area contributed by atoms with Crippen molar-refractivity contribution in [1.29, 1.82) is 0 Å². The third-order valence-corrected chi connectivity index (χ3v) is 6.06. The van der Waals surface area contributed by atoms with Crippen molar-refractivity contribution < 1.29 is 27.5 Å². The molecule has 0 spiro atoms. The van der Waals surface area contributed by atoms with Gasteiger partial charge in [0.15, 0.2) is 11.5 Å². The van der Waals surface area contributed by atoms with Gasteiger partial charge in [0.1, 0.15) is 0 Å². The number of hydrazine groups is 1. The molecule has 172 valence electrons. The van der Waals surface area contributed by atoms with Gasteiger partial charge in [-0.1, -0.05) is 17.7 Å². The number of nitrogens with one attached hydrogen (secondary N) is 3. The summed E-state index contributed by atoms with van der Waals surface area (Å²) in [5.74, 6) is -0.345. The average molecular weight is 470 g/mol. The molecular formula is C23H23N3O6S. The first kappa shape index (κ1) is 23.6. The SMILES string of the molecule is COc1ccc(C(=O)NNC(=O)c2ccc(S(=O)(=O)Nc3ccc(C)cc3)cc2)cc1OC. The molecule has 33 heavy (non-hydrogen) atoms. The van der Waals surface area contributed by atoms with Crippen molar-refractivity contribution >= 4 is 27.5 Å². The van der Waals surface area contributed by atoms with Crippen molar-refractivity contribution in [2.45, 2.75) is 11.8 Å². The maximum atomic E-state index is 12.5. The summed E-state index contributed by atoms with van der Waals surface area (Å²) in [6.45, 7) is 1.90. The van der Waals surface area contributed by atoms with E-state index in [0.29, 0.717) is 17.2 Å². The van der Waals surface area contributed by atoms with Gasteiger partial charge < -0.3 is 9.47 Å². The molecule has 0 unspecified atom stereocenters. The van der Waals surface area contributed by atoms with Gasteiger partial charge in [-0.05, 0) is 61.5 Å². The van der Waals surface area contributed by atoms with Crippen LogP contribution in [-0.2, 0) is 10.0 Å². The predicted octanol–water partition coefficient (Wildman–Crippen LogP) is 2.89. The maximum Gasteiger partial charge on any atom is 0.269 e. The monoisotopic (exact) mass is 469 g/mol. The Hall–Kier alpha value is -4.05. The van der Waals surface area contributed by atoms with Crippen LogP contribution in [0.4, 0.5) is 5.69 Å². The van der Waals surface area contributed by atoms with Crippen molar-refractivity contribution in [1.82, 2.24) is 10.9 Å². The molecule has 0 bridgehead atoms. The fraction of sp³-hybridized carbons (Fsp3) is 0.130. The molecule has 0 aliphatic rings. The average Bonchev–Trinajstić information content (AvgIpc) is 2.83. The van der Waals surface area contributed by atoms with Gasteiger partial charge in [0, 0.05) is 16.8 Å². The molecule has 0 fully saturated rings. The van der Waals surface area contributed by atoms with Crippen LogP contribution in [-0.4, -0.2) is 34.5 Å². The Labute approximate surface area is 191 Å². The number of rotatable bonds is 7. The lowest BCUT2D eigenvalue weighted by Crippen LogP contribution is -2.41. The minimum Gasteiger partial charge on any atom is -0.493 e. The van der Waals surface area contributed by atoms with Crippen molar-refractivity contribution in [3.05, 3.63) is 83.4 Å². The molecule has 3 aromatic rings. The summed E-state index contributed by atoms with van der Waals surface area (Å²) in [4.78, 5) is 24.7. The molecule has 0 heterocycles. The Bertz CT molecular complexity index is 1260. The molecule has 0 saturated carbocycles. The number of ether oxygens (including phenoxy) is 2. The molecule has 3 rings (SSSR count). The number of anilines is 1. The number of amides is 2. The van der Waals surface area contributed by atoms with Crippen LogP contribution < -0.4 is 25.0 Å². The van der Waals surface area contributed by atoms with Crippen LogP contribution in [0, 0.1) is 6.92 Å². The number of aryl methyl sites for hydroxylation is 1. The van der Waals surface area contributed by atoms with E-state index in [1.165, 1.54) is 50.6 Å². The molecule has 0 radical (unpaired) electrons. The summed E-state index contributed by atoms with van der Waals surface area (Å²) in [5.41, 5.74) is 6.44. The third-order valence-electron chi connectivity index (χ3n) is 4.67. The number of methoxy groups -OCH3 is 2. The van der Waals surface area contributed by atoms with Crippen LogP contribution in [0.15, 0.2) is 71.6 Å². The number of carbonyl (C=O) groups excluding carboxylic acids is 2. The zero-order valence-corrected chi connectivity index (χ0v) is 19.0. The van der Waals surface area contributed by atoms with E-state index in [9.17, 15) is 18.0 Å². The Morgan fingerprint density at radius 2 is 1.27 bits per heavy atom. The van der Waals surface area contributed by atoms with Crippen molar-refractivity contribution in [3.63, 3.8) is 0 Å². The number of benzene rings is 3. The zero-order valence-electron chi connectivity index (χ0n) is 18.2. The quantitative estimate of drug-likeness (QED) is 0.457. The van der Waals surface area contributed by atoms with Crippen LogP contribution >= 0.6 is 0 Å².